The van der Waals surface area contributed by atoms with Gasteiger partial charge in [0.1, 0.15) is 16.2 Å². The van der Waals surface area contributed by atoms with Gasteiger partial charge in [0.2, 0.25) is 5.91 Å². The number of thioether (sulfide) groups is 1. The summed E-state index contributed by atoms with van der Waals surface area (Å²) in [6.07, 6.45) is 0. The Bertz CT molecular complexity index is 901. The highest BCUT2D eigenvalue weighted by atomic mass is 32.2. The number of carbonyl (C=O) groups is 1. The van der Waals surface area contributed by atoms with Crippen LogP contribution in [0.3, 0.4) is 0 Å². The number of amides is 1. The van der Waals surface area contributed by atoms with Gasteiger partial charge in [-0.3, -0.25) is 4.79 Å². The molecule has 1 N–H and O–H groups in total. The van der Waals surface area contributed by atoms with Crippen LogP contribution in [0.5, 0.6) is 0 Å². The van der Waals surface area contributed by atoms with E-state index in [-0.39, 0.29) is 11.4 Å². The number of hydrogen-bond acceptors (Lipinski definition) is 6. The summed E-state index contributed by atoms with van der Waals surface area (Å²) in [7, 11) is 0. The van der Waals surface area contributed by atoms with E-state index in [1.807, 2.05) is 58.0 Å². The van der Waals surface area contributed by atoms with Crippen molar-refractivity contribution in [2.24, 2.45) is 0 Å². The molecular formula is C18H20N4OS2. The second-order valence-corrected chi connectivity index (χ2v) is 8.88. The Morgan fingerprint density at radius 3 is 2.60 bits per heavy atom. The van der Waals surface area contributed by atoms with Crippen LogP contribution in [-0.4, -0.2) is 32.4 Å². The fourth-order valence-corrected chi connectivity index (χ4v) is 4.11. The first-order valence-corrected chi connectivity index (χ1v) is 9.77. The molecule has 0 atom stereocenters. The van der Waals surface area contributed by atoms with Crippen LogP contribution >= 0.6 is 23.1 Å². The molecule has 3 rings (SSSR count). The molecule has 0 aliphatic heterocycles. The summed E-state index contributed by atoms with van der Waals surface area (Å²) in [6, 6.07) is 9.97. The predicted octanol–water partition coefficient (Wildman–Crippen LogP) is 4.07. The first kappa shape index (κ1) is 17.8. The summed E-state index contributed by atoms with van der Waals surface area (Å²) in [4.78, 5) is 16.7. The summed E-state index contributed by atoms with van der Waals surface area (Å²) < 4.78 is 1.01. The van der Waals surface area contributed by atoms with Gasteiger partial charge in [0.15, 0.2) is 0 Å². The van der Waals surface area contributed by atoms with E-state index in [2.05, 4.69) is 20.5 Å². The van der Waals surface area contributed by atoms with Crippen molar-refractivity contribution in [1.29, 1.82) is 0 Å². The molecule has 5 nitrogen and oxygen atoms in total. The molecule has 25 heavy (non-hydrogen) atoms. The average Bonchev–Trinajstić information content (AvgIpc) is 2.93. The van der Waals surface area contributed by atoms with Crippen LogP contribution in [0.25, 0.3) is 21.5 Å². The third kappa shape index (κ3) is 4.35. The lowest BCUT2D eigenvalue weighted by molar-refractivity contribution is -0.119. The number of hydrogen-bond donors (Lipinski definition) is 1. The Morgan fingerprint density at radius 1 is 1.20 bits per heavy atom. The van der Waals surface area contributed by atoms with E-state index in [0.29, 0.717) is 10.8 Å². The Hall–Kier alpha value is -1.99. The molecule has 0 aliphatic rings. The Balaban J connectivity index is 1.90. The minimum atomic E-state index is -0.243. The first-order chi connectivity index (χ1) is 11.8. The van der Waals surface area contributed by atoms with Crippen molar-refractivity contribution in [3.05, 3.63) is 35.3 Å². The van der Waals surface area contributed by atoms with Gasteiger partial charge in [-0.2, -0.15) is 0 Å². The molecule has 130 valence electrons. The van der Waals surface area contributed by atoms with Gasteiger partial charge >= 0.3 is 0 Å². The Labute approximate surface area is 155 Å². The molecule has 0 aliphatic carbocycles. The molecule has 0 radical (unpaired) electrons. The van der Waals surface area contributed by atoms with E-state index in [4.69, 9.17) is 0 Å². The molecule has 3 aromatic rings. The fraction of sp³-hybridized carbons (Fsp3) is 0.333. The summed E-state index contributed by atoms with van der Waals surface area (Å²) >= 11 is 2.98. The maximum absolute atomic E-state index is 12.1. The maximum atomic E-state index is 12.1. The van der Waals surface area contributed by atoms with Crippen molar-refractivity contribution in [3.8, 4) is 11.3 Å². The molecular weight excluding hydrogens is 352 g/mol. The lowest BCUT2D eigenvalue weighted by atomic mass is 10.1. The molecule has 0 unspecified atom stereocenters. The van der Waals surface area contributed by atoms with E-state index in [9.17, 15) is 4.79 Å². The molecule has 2 heterocycles. The van der Waals surface area contributed by atoms with Gasteiger partial charge < -0.3 is 5.32 Å². The first-order valence-electron chi connectivity index (χ1n) is 7.96. The number of rotatable bonds is 4. The van der Waals surface area contributed by atoms with Crippen molar-refractivity contribution in [1.82, 2.24) is 20.5 Å². The van der Waals surface area contributed by atoms with Crippen molar-refractivity contribution < 1.29 is 4.79 Å². The minimum Gasteiger partial charge on any atom is -0.351 e. The van der Waals surface area contributed by atoms with E-state index >= 15 is 0 Å². The molecule has 0 fully saturated rings. The third-order valence-electron chi connectivity index (χ3n) is 3.29. The quantitative estimate of drug-likeness (QED) is 0.699. The zero-order chi connectivity index (χ0) is 18.0. The molecule has 0 saturated heterocycles. The molecule has 0 bridgehead atoms. The number of aromatic nitrogens is 3. The molecule has 1 aromatic carbocycles. The lowest BCUT2D eigenvalue weighted by Gasteiger charge is -2.20. The fourth-order valence-electron chi connectivity index (χ4n) is 2.39. The molecule has 1 amide bonds. The van der Waals surface area contributed by atoms with E-state index in [1.54, 1.807) is 11.3 Å². The van der Waals surface area contributed by atoms with E-state index < -0.39 is 0 Å². The predicted molar refractivity (Wildman–Crippen MR) is 104 cm³/mol. The summed E-state index contributed by atoms with van der Waals surface area (Å²) in [5.74, 6) is 0.272. The number of aryl methyl sites for hydroxylation is 1. The van der Waals surface area contributed by atoms with Crippen LogP contribution in [0.15, 0.2) is 35.4 Å². The van der Waals surface area contributed by atoms with Gasteiger partial charge in [0.25, 0.3) is 0 Å². The van der Waals surface area contributed by atoms with Crippen LogP contribution in [0.1, 0.15) is 25.8 Å². The van der Waals surface area contributed by atoms with Gasteiger partial charge in [0, 0.05) is 11.1 Å². The van der Waals surface area contributed by atoms with Crippen molar-refractivity contribution in [2.75, 3.05) is 5.75 Å². The highest BCUT2D eigenvalue weighted by molar-refractivity contribution is 8.00. The molecule has 7 heteroatoms. The third-order valence-corrected chi connectivity index (χ3v) is 5.23. The largest absolute Gasteiger partial charge is 0.351 e. The monoisotopic (exact) mass is 372 g/mol. The highest BCUT2D eigenvalue weighted by Gasteiger charge is 2.18. The zero-order valence-corrected chi connectivity index (χ0v) is 16.3. The standard InChI is InChI=1S/C18H20N4OS2/c1-11-19-15-16(25-11)14(12-8-6-5-7-9-12)21-22-17(15)24-10-13(23)20-18(2,3)4/h5-9H,10H2,1-4H3,(H,20,23). The molecule has 0 saturated carbocycles. The van der Waals surface area contributed by atoms with Crippen LogP contribution in [-0.2, 0) is 4.79 Å². The Morgan fingerprint density at radius 2 is 1.92 bits per heavy atom. The van der Waals surface area contributed by atoms with Crippen LogP contribution in [0, 0.1) is 6.92 Å². The van der Waals surface area contributed by atoms with Gasteiger partial charge in [-0.1, -0.05) is 42.1 Å². The highest BCUT2D eigenvalue weighted by Crippen LogP contribution is 2.35. The smallest absolute Gasteiger partial charge is 0.230 e. The van der Waals surface area contributed by atoms with Crippen molar-refractivity contribution in [2.45, 2.75) is 38.3 Å². The minimum absolute atomic E-state index is 0.0217. The van der Waals surface area contributed by atoms with Crippen molar-refractivity contribution >= 4 is 39.2 Å². The second kappa shape index (κ2) is 7.09. The topological polar surface area (TPSA) is 67.8 Å². The Kier molecular flexibility index (Phi) is 5.06. The number of fused-ring (bicyclic) bond motifs is 1. The summed E-state index contributed by atoms with van der Waals surface area (Å²) in [6.45, 7) is 7.87. The van der Waals surface area contributed by atoms with Gasteiger partial charge in [0.05, 0.1) is 15.5 Å². The van der Waals surface area contributed by atoms with Crippen molar-refractivity contribution in [3.63, 3.8) is 0 Å². The molecule has 0 spiro atoms. The van der Waals surface area contributed by atoms with Gasteiger partial charge in [-0.15, -0.1) is 21.5 Å². The number of benzene rings is 1. The lowest BCUT2D eigenvalue weighted by Crippen LogP contribution is -2.41. The van der Waals surface area contributed by atoms with Crippen LogP contribution < -0.4 is 5.32 Å². The SMILES string of the molecule is Cc1nc2c(SCC(=O)NC(C)(C)C)nnc(-c3ccccc3)c2s1. The average molecular weight is 373 g/mol. The van der Waals surface area contributed by atoms with Gasteiger partial charge in [-0.05, 0) is 27.7 Å². The van der Waals surface area contributed by atoms with E-state index in [1.165, 1.54) is 11.8 Å². The molecule has 2 aromatic heterocycles. The normalized spacial score (nSPS) is 11.7. The number of carbonyl (C=O) groups excluding carboxylic acids is 1. The van der Waals surface area contributed by atoms with E-state index in [0.717, 1.165) is 26.5 Å². The van der Waals surface area contributed by atoms with Crippen LogP contribution in [0.2, 0.25) is 0 Å². The maximum Gasteiger partial charge on any atom is 0.230 e. The second-order valence-electron chi connectivity index (χ2n) is 6.72. The zero-order valence-electron chi connectivity index (χ0n) is 14.7. The number of nitrogens with one attached hydrogen (secondary N) is 1. The van der Waals surface area contributed by atoms with Gasteiger partial charge in [-0.25, -0.2) is 4.98 Å². The summed E-state index contributed by atoms with van der Waals surface area (Å²) in [5.41, 5.74) is 2.44. The number of nitrogens with zero attached hydrogens (tertiary/aromatic N) is 3. The van der Waals surface area contributed by atoms with Crippen LogP contribution in [0.4, 0.5) is 0 Å². The summed E-state index contributed by atoms with van der Waals surface area (Å²) in [5, 5.41) is 13.4. The number of thiazole rings is 1.